The van der Waals surface area contributed by atoms with E-state index in [2.05, 4.69) is 15.5 Å². The first-order valence-electron chi connectivity index (χ1n) is 10.2. The van der Waals surface area contributed by atoms with Crippen molar-refractivity contribution in [2.24, 2.45) is 0 Å². The summed E-state index contributed by atoms with van der Waals surface area (Å²) in [6.07, 6.45) is -3.84. The summed E-state index contributed by atoms with van der Waals surface area (Å²) in [5.74, 6) is -2.03. The second-order valence-electron chi connectivity index (χ2n) is 7.42. The zero-order valence-electron chi connectivity index (χ0n) is 17.3. The Kier molecular flexibility index (Phi) is 7.68. The quantitative estimate of drug-likeness (QED) is 0.402. The Morgan fingerprint density at radius 3 is 2.19 bits per heavy atom. The number of anilines is 2. The van der Waals surface area contributed by atoms with Gasteiger partial charge in [-0.3, -0.25) is 14.5 Å². The maximum atomic E-state index is 13.9. The first-order valence-corrected chi connectivity index (χ1v) is 10.2. The molecular formula is C22H24F4N4O2. The van der Waals surface area contributed by atoms with E-state index in [1.165, 1.54) is 6.07 Å². The summed E-state index contributed by atoms with van der Waals surface area (Å²) in [4.78, 5) is 28.0. The normalized spacial score (nSPS) is 14.8. The van der Waals surface area contributed by atoms with Crippen LogP contribution in [0.3, 0.4) is 0 Å². The second kappa shape index (κ2) is 10.4. The van der Waals surface area contributed by atoms with Crippen molar-refractivity contribution in [1.82, 2.24) is 10.2 Å². The minimum Gasteiger partial charge on any atom is -0.367 e. The largest absolute Gasteiger partial charge is 0.416 e. The third kappa shape index (κ3) is 6.43. The van der Waals surface area contributed by atoms with E-state index < -0.39 is 23.6 Å². The van der Waals surface area contributed by atoms with Crippen LogP contribution in [0.25, 0.3) is 0 Å². The van der Waals surface area contributed by atoms with Crippen LogP contribution >= 0.6 is 0 Å². The van der Waals surface area contributed by atoms with E-state index in [9.17, 15) is 27.2 Å². The van der Waals surface area contributed by atoms with Crippen molar-refractivity contribution in [3.8, 4) is 0 Å². The van der Waals surface area contributed by atoms with Crippen LogP contribution in [-0.4, -0.2) is 56.0 Å². The van der Waals surface area contributed by atoms with E-state index in [1.54, 1.807) is 18.2 Å². The molecule has 1 saturated heterocycles. The van der Waals surface area contributed by atoms with Gasteiger partial charge in [0, 0.05) is 38.4 Å². The molecule has 0 aliphatic carbocycles. The number of carbonyl (C=O) groups is 2. The molecular weight excluding hydrogens is 428 g/mol. The molecule has 0 radical (unpaired) electrons. The van der Waals surface area contributed by atoms with Crippen molar-refractivity contribution in [3.63, 3.8) is 0 Å². The van der Waals surface area contributed by atoms with Crippen molar-refractivity contribution >= 4 is 23.2 Å². The zero-order chi connectivity index (χ0) is 23.1. The van der Waals surface area contributed by atoms with Gasteiger partial charge in [0.05, 0.1) is 11.3 Å². The molecule has 0 aromatic heterocycles. The lowest BCUT2D eigenvalue weighted by Gasteiger charge is -2.36. The molecule has 2 N–H and O–H groups in total. The highest BCUT2D eigenvalue weighted by molar-refractivity contribution is 6.39. The van der Waals surface area contributed by atoms with Crippen molar-refractivity contribution in [1.29, 1.82) is 0 Å². The fourth-order valence-electron chi connectivity index (χ4n) is 3.44. The zero-order valence-corrected chi connectivity index (χ0v) is 17.3. The Morgan fingerprint density at radius 2 is 1.56 bits per heavy atom. The molecule has 32 heavy (non-hydrogen) atoms. The summed E-state index contributed by atoms with van der Waals surface area (Å²) in [5, 5.41) is 4.77. The molecule has 10 heteroatoms. The summed E-state index contributed by atoms with van der Waals surface area (Å²) < 4.78 is 51.6. The number of halogens is 4. The molecule has 0 unspecified atom stereocenters. The third-order valence-corrected chi connectivity index (χ3v) is 5.18. The van der Waals surface area contributed by atoms with Crippen molar-refractivity contribution in [2.75, 3.05) is 49.5 Å². The number of hydrogen-bond donors (Lipinski definition) is 2. The molecule has 2 aromatic carbocycles. The topological polar surface area (TPSA) is 64.7 Å². The van der Waals surface area contributed by atoms with Gasteiger partial charge in [0.2, 0.25) is 0 Å². The standard InChI is InChI=1S/C22H24F4N4O2/c23-18-4-1-2-5-19(18)30-14-12-29(13-15-30)11-3-10-27-20(31)21(32)28-17-8-6-16(7-9-17)22(24,25)26/h1-2,4-9H,3,10-15H2,(H,27,31)(H,28,32). The average Bonchev–Trinajstić information content (AvgIpc) is 2.77. The maximum Gasteiger partial charge on any atom is 0.416 e. The molecule has 1 aliphatic heterocycles. The van der Waals surface area contributed by atoms with Crippen LogP contribution < -0.4 is 15.5 Å². The summed E-state index contributed by atoms with van der Waals surface area (Å²) >= 11 is 0. The lowest BCUT2D eigenvalue weighted by atomic mass is 10.2. The number of benzene rings is 2. The van der Waals surface area contributed by atoms with Crippen LogP contribution in [0.1, 0.15) is 12.0 Å². The Labute approximate surface area is 183 Å². The SMILES string of the molecule is O=C(NCCCN1CCN(c2ccccc2F)CC1)C(=O)Nc1ccc(C(F)(F)F)cc1. The molecule has 1 aliphatic rings. The van der Waals surface area contributed by atoms with E-state index in [-0.39, 0.29) is 18.0 Å². The van der Waals surface area contributed by atoms with Crippen molar-refractivity contribution < 1.29 is 27.2 Å². The predicted molar refractivity (Wildman–Crippen MR) is 113 cm³/mol. The van der Waals surface area contributed by atoms with Gasteiger partial charge in [-0.2, -0.15) is 13.2 Å². The number of amides is 2. The Bertz CT molecular complexity index is 926. The highest BCUT2D eigenvalue weighted by Gasteiger charge is 2.30. The van der Waals surface area contributed by atoms with Gasteiger partial charge < -0.3 is 15.5 Å². The number of rotatable bonds is 6. The average molecular weight is 452 g/mol. The molecule has 0 spiro atoms. The van der Waals surface area contributed by atoms with E-state index in [0.717, 1.165) is 37.4 Å². The van der Waals surface area contributed by atoms with Gasteiger partial charge in [-0.05, 0) is 49.4 Å². The minimum atomic E-state index is -4.47. The summed E-state index contributed by atoms with van der Waals surface area (Å²) in [6.45, 7) is 3.91. The highest BCUT2D eigenvalue weighted by atomic mass is 19.4. The number of alkyl halides is 3. The third-order valence-electron chi connectivity index (χ3n) is 5.18. The van der Waals surface area contributed by atoms with Gasteiger partial charge in [0.15, 0.2) is 0 Å². The Hall–Kier alpha value is -3.14. The van der Waals surface area contributed by atoms with Crippen LogP contribution in [0.4, 0.5) is 28.9 Å². The number of nitrogens with zero attached hydrogens (tertiary/aromatic N) is 2. The fourth-order valence-corrected chi connectivity index (χ4v) is 3.44. The number of nitrogens with one attached hydrogen (secondary N) is 2. The predicted octanol–water partition coefficient (Wildman–Crippen LogP) is 3.11. The smallest absolute Gasteiger partial charge is 0.367 e. The second-order valence-corrected chi connectivity index (χ2v) is 7.42. The number of carbonyl (C=O) groups excluding carboxylic acids is 2. The van der Waals surface area contributed by atoms with E-state index in [0.29, 0.717) is 31.7 Å². The van der Waals surface area contributed by atoms with Gasteiger partial charge in [0.25, 0.3) is 0 Å². The molecule has 6 nitrogen and oxygen atoms in total. The van der Waals surface area contributed by atoms with E-state index in [4.69, 9.17) is 0 Å². The molecule has 0 bridgehead atoms. The van der Waals surface area contributed by atoms with Crippen LogP contribution in [0, 0.1) is 5.82 Å². The van der Waals surface area contributed by atoms with Crippen LogP contribution in [0.5, 0.6) is 0 Å². The van der Waals surface area contributed by atoms with Crippen LogP contribution in [0.2, 0.25) is 0 Å². The molecule has 2 aromatic rings. The minimum absolute atomic E-state index is 0.103. The summed E-state index contributed by atoms with van der Waals surface area (Å²) in [5.41, 5.74) is -0.140. The van der Waals surface area contributed by atoms with Gasteiger partial charge in [-0.25, -0.2) is 4.39 Å². The van der Waals surface area contributed by atoms with Gasteiger partial charge in [-0.15, -0.1) is 0 Å². The van der Waals surface area contributed by atoms with Gasteiger partial charge in [-0.1, -0.05) is 12.1 Å². The van der Waals surface area contributed by atoms with Gasteiger partial charge >= 0.3 is 18.0 Å². The van der Waals surface area contributed by atoms with Crippen LogP contribution in [0.15, 0.2) is 48.5 Å². The lowest BCUT2D eigenvalue weighted by molar-refractivity contribution is -0.137. The molecule has 0 saturated carbocycles. The maximum absolute atomic E-state index is 13.9. The molecule has 172 valence electrons. The number of hydrogen-bond acceptors (Lipinski definition) is 4. The van der Waals surface area contributed by atoms with Crippen molar-refractivity contribution in [2.45, 2.75) is 12.6 Å². The molecule has 1 heterocycles. The molecule has 2 amide bonds. The molecule has 3 rings (SSSR count). The number of para-hydroxylation sites is 1. The Balaban J connectivity index is 1.34. The Morgan fingerprint density at radius 1 is 0.906 bits per heavy atom. The fraction of sp³-hybridized carbons (Fsp3) is 0.364. The summed E-state index contributed by atoms with van der Waals surface area (Å²) in [7, 11) is 0. The van der Waals surface area contributed by atoms with E-state index in [1.807, 2.05) is 4.90 Å². The highest BCUT2D eigenvalue weighted by Crippen LogP contribution is 2.29. The van der Waals surface area contributed by atoms with Gasteiger partial charge in [0.1, 0.15) is 5.82 Å². The molecule has 0 atom stereocenters. The van der Waals surface area contributed by atoms with Crippen molar-refractivity contribution in [3.05, 3.63) is 59.9 Å². The molecule has 1 fully saturated rings. The number of piperazine rings is 1. The summed E-state index contributed by atoms with van der Waals surface area (Å²) in [6, 6.07) is 10.5. The van der Waals surface area contributed by atoms with E-state index >= 15 is 0 Å². The lowest BCUT2D eigenvalue weighted by Crippen LogP contribution is -2.47. The monoisotopic (exact) mass is 452 g/mol. The first-order chi connectivity index (χ1) is 15.2. The van der Waals surface area contributed by atoms with Crippen LogP contribution in [-0.2, 0) is 15.8 Å². The first kappa shape index (κ1) is 23.5.